The molecule has 0 aliphatic carbocycles. The normalized spacial score (nSPS) is 26.3. The number of methoxy groups -OCH3 is 1. The molecule has 3 rings (SSSR count). The van der Waals surface area contributed by atoms with Crippen molar-refractivity contribution in [1.82, 2.24) is 4.90 Å². The van der Waals surface area contributed by atoms with Crippen molar-refractivity contribution < 1.29 is 9.47 Å². The van der Waals surface area contributed by atoms with Crippen LogP contribution in [0.5, 0.6) is 0 Å². The van der Waals surface area contributed by atoms with Gasteiger partial charge in [0.2, 0.25) is 0 Å². The molecule has 21 heavy (non-hydrogen) atoms. The van der Waals surface area contributed by atoms with Gasteiger partial charge in [0.15, 0.2) is 0 Å². The summed E-state index contributed by atoms with van der Waals surface area (Å²) in [7, 11) is 1.82. The Hall–Kier alpha value is -0.420. The average molecular weight is 309 g/mol. The van der Waals surface area contributed by atoms with E-state index in [1.807, 2.05) is 18.4 Å². The molecule has 0 bridgehead atoms. The van der Waals surface area contributed by atoms with Crippen molar-refractivity contribution in [2.24, 2.45) is 11.3 Å². The van der Waals surface area contributed by atoms with Gasteiger partial charge in [-0.25, -0.2) is 0 Å². The maximum atomic E-state index is 5.70. The number of hydrogen-bond acceptors (Lipinski definition) is 4. The fraction of sp³-hybridized carbons (Fsp3) is 0.765. The molecule has 1 atom stereocenters. The average Bonchev–Trinajstić information content (AvgIpc) is 2.90. The minimum atomic E-state index is 0.468. The smallest absolute Gasteiger partial charge is 0.0521 e. The molecule has 2 fully saturated rings. The molecule has 2 aliphatic rings. The molecule has 2 saturated heterocycles. The first kappa shape index (κ1) is 15.5. The maximum Gasteiger partial charge on any atom is 0.0521 e. The lowest BCUT2D eigenvalue weighted by Crippen LogP contribution is -2.49. The number of likely N-dealkylation sites (tertiary alicyclic amines) is 1. The van der Waals surface area contributed by atoms with Crippen LogP contribution in [0.4, 0.5) is 0 Å². The number of ether oxygens (including phenoxy) is 2. The molecule has 0 amide bonds. The molecular weight excluding hydrogens is 282 g/mol. The van der Waals surface area contributed by atoms with Crippen LogP contribution < -0.4 is 0 Å². The standard InChI is InChI=1S/C17H27NO2S/c1-14-3-10-21-16(14)11-18-7-4-17(5-8-18)6-9-20-13-15(17)12-19-2/h3,10,15H,4-9,11-13H2,1-2H3/t15-/m0/s1. The molecule has 118 valence electrons. The summed E-state index contributed by atoms with van der Waals surface area (Å²) < 4.78 is 11.1. The number of nitrogens with zero attached hydrogens (tertiary/aromatic N) is 1. The van der Waals surface area contributed by atoms with Gasteiger partial charge in [0.05, 0.1) is 13.2 Å². The summed E-state index contributed by atoms with van der Waals surface area (Å²) in [6.07, 6.45) is 3.82. The Bertz CT molecular complexity index is 449. The quantitative estimate of drug-likeness (QED) is 0.851. The highest BCUT2D eigenvalue weighted by atomic mass is 32.1. The fourth-order valence-corrected chi connectivity index (χ4v) is 4.84. The summed E-state index contributed by atoms with van der Waals surface area (Å²) in [5, 5.41) is 2.21. The van der Waals surface area contributed by atoms with Crippen molar-refractivity contribution in [1.29, 1.82) is 0 Å². The topological polar surface area (TPSA) is 21.7 Å². The lowest BCUT2D eigenvalue weighted by Gasteiger charge is -2.49. The van der Waals surface area contributed by atoms with Crippen LogP contribution in [-0.4, -0.2) is 44.9 Å². The highest BCUT2D eigenvalue weighted by Crippen LogP contribution is 2.45. The molecule has 0 unspecified atom stereocenters. The molecule has 0 N–H and O–H groups in total. The van der Waals surface area contributed by atoms with E-state index in [4.69, 9.17) is 9.47 Å². The zero-order chi connectivity index (χ0) is 14.7. The maximum absolute atomic E-state index is 5.70. The monoisotopic (exact) mass is 309 g/mol. The molecule has 2 aliphatic heterocycles. The highest BCUT2D eigenvalue weighted by Gasteiger charge is 2.43. The molecule has 1 aromatic rings. The number of thiophene rings is 1. The van der Waals surface area contributed by atoms with E-state index in [-0.39, 0.29) is 0 Å². The first-order valence-corrected chi connectivity index (χ1v) is 8.93. The molecule has 0 aromatic carbocycles. The minimum Gasteiger partial charge on any atom is -0.384 e. The Morgan fingerprint density at radius 2 is 2.19 bits per heavy atom. The second kappa shape index (κ2) is 6.78. The highest BCUT2D eigenvalue weighted by molar-refractivity contribution is 7.10. The van der Waals surface area contributed by atoms with Gasteiger partial charge in [0, 0.05) is 31.1 Å². The third-order valence-corrected chi connectivity index (χ3v) is 6.49. The van der Waals surface area contributed by atoms with Crippen molar-refractivity contribution in [2.45, 2.75) is 32.7 Å². The van der Waals surface area contributed by atoms with Gasteiger partial charge in [0.25, 0.3) is 0 Å². The molecule has 1 spiro atoms. The molecule has 4 heteroatoms. The van der Waals surface area contributed by atoms with Gasteiger partial charge < -0.3 is 9.47 Å². The van der Waals surface area contributed by atoms with Gasteiger partial charge >= 0.3 is 0 Å². The SMILES string of the molecule is COC[C@H]1COCCC12CCN(Cc1sccc1C)CC2. The lowest BCUT2D eigenvalue weighted by molar-refractivity contribution is -0.0950. The summed E-state index contributed by atoms with van der Waals surface area (Å²) in [5.74, 6) is 0.585. The second-order valence-electron chi connectivity index (χ2n) is 6.64. The van der Waals surface area contributed by atoms with Gasteiger partial charge in [-0.2, -0.15) is 0 Å². The van der Waals surface area contributed by atoms with Crippen LogP contribution in [0.1, 0.15) is 29.7 Å². The van der Waals surface area contributed by atoms with Crippen molar-refractivity contribution in [3.63, 3.8) is 0 Å². The van der Waals surface area contributed by atoms with E-state index in [0.29, 0.717) is 11.3 Å². The second-order valence-corrected chi connectivity index (χ2v) is 7.64. The van der Waals surface area contributed by atoms with Crippen molar-refractivity contribution in [3.8, 4) is 0 Å². The summed E-state index contributed by atoms with van der Waals surface area (Å²) in [5.41, 5.74) is 1.92. The third kappa shape index (κ3) is 3.34. The first-order chi connectivity index (χ1) is 10.2. The van der Waals surface area contributed by atoms with Crippen molar-refractivity contribution >= 4 is 11.3 Å². The van der Waals surface area contributed by atoms with E-state index in [1.54, 1.807) is 0 Å². The van der Waals surface area contributed by atoms with Crippen LogP contribution in [0.25, 0.3) is 0 Å². The van der Waals surface area contributed by atoms with Crippen molar-refractivity contribution in [3.05, 3.63) is 21.9 Å². The summed E-state index contributed by atoms with van der Waals surface area (Å²) >= 11 is 1.90. The Kier molecular flexibility index (Phi) is 4.99. The molecule has 3 heterocycles. The van der Waals surface area contributed by atoms with Gasteiger partial charge in [-0.05, 0) is 61.7 Å². The van der Waals surface area contributed by atoms with E-state index in [1.165, 1.54) is 42.8 Å². The van der Waals surface area contributed by atoms with Crippen LogP contribution in [0.15, 0.2) is 11.4 Å². The fourth-order valence-electron chi connectivity index (χ4n) is 3.89. The summed E-state index contributed by atoms with van der Waals surface area (Å²) in [6.45, 7) is 8.47. The third-order valence-electron chi connectivity index (χ3n) is 5.48. The molecule has 0 radical (unpaired) electrons. The number of piperidine rings is 1. The van der Waals surface area contributed by atoms with Gasteiger partial charge in [-0.3, -0.25) is 4.90 Å². The Morgan fingerprint density at radius 1 is 1.38 bits per heavy atom. The molecular formula is C17H27NO2S. The summed E-state index contributed by atoms with van der Waals surface area (Å²) in [6, 6.07) is 2.23. The molecule has 0 saturated carbocycles. The van der Waals surface area contributed by atoms with Crippen LogP contribution in [-0.2, 0) is 16.0 Å². The Balaban J connectivity index is 1.59. The van der Waals surface area contributed by atoms with Crippen LogP contribution in [0, 0.1) is 18.3 Å². The largest absolute Gasteiger partial charge is 0.384 e. The van der Waals surface area contributed by atoms with Crippen LogP contribution in [0.2, 0.25) is 0 Å². The van der Waals surface area contributed by atoms with E-state index in [9.17, 15) is 0 Å². The van der Waals surface area contributed by atoms with E-state index >= 15 is 0 Å². The zero-order valence-electron chi connectivity index (χ0n) is 13.3. The van der Waals surface area contributed by atoms with Crippen LogP contribution in [0.3, 0.4) is 0 Å². The first-order valence-electron chi connectivity index (χ1n) is 8.05. The zero-order valence-corrected chi connectivity index (χ0v) is 14.1. The molecule has 1 aromatic heterocycles. The van der Waals surface area contributed by atoms with Gasteiger partial charge in [-0.1, -0.05) is 0 Å². The lowest BCUT2D eigenvalue weighted by atomic mass is 9.66. The van der Waals surface area contributed by atoms with E-state index in [0.717, 1.165) is 26.4 Å². The van der Waals surface area contributed by atoms with Gasteiger partial charge in [0.1, 0.15) is 0 Å². The molecule has 3 nitrogen and oxygen atoms in total. The van der Waals surface area contributed by atoms with E-state index in [2.05, 4.69) is 23.3 Å². The Morgan fingerprint density at radius 3 is 2.86 bits per heavy atom. The van der Waals surface area contributed by atoms with Gasteiger partial charge in [-0.15, -0.1) is 11.3 Å². The number of rotatable bonds is 4. The minimum absolute atomic E-state index is 0.468. The number of aryl methyl sites for hydroxylation is 1. The summed E-state index contributed by atoms with van der Waals surface area (Å²) in [4.78, 5) is 4.16. The van der Waals surface area contributed by atoms with Crippen molar-refractivity contribution in [2.75, 3.05) is 40.0 Å². The Labute approximate surface area is 132 Å². The predicted octanol–water partition coefficient (Wildman–Crippen LogP) is 3.32. The predicted molar refractivity (Wildman–Crippen MR) is 86.8 cm³/mol. The number of hydrogen-bond donors (Lipinski definition) is 0. The van der Waals surface area contributed by atoms with Crippen LogP contribution >= 0.6 is 11.3 Å². The van der Waals surface area contributed by atoms with E-state index < -0.39 is 0 Å².